The van der Waals surface area contributed by atoms with Crippen LogP contribution in [0.2, 0.25) is 0 Å². The van der Waals surface area contributed by atoms with Crippen LogP contribution in [-0.4, -0.2) is 68.6 Å². The number of carbonyl (C=O) groups is 3. The Morgan fingerprint density at radius 2 is 1.08 bits per heavy atom. The maximum absolute atomic E-state index is 13.8. The topological polar surface area (TPSA) is 338 Å². The van der Waals surface area contributed by atoms with Gasteiger partial charge in [-0.05, 0) is 78.9 Å². The van der Waals surface area contributed by atoms with E-state index in [0.717, 1.165) is 12.1 Å². The summed E-state index contributed by atoms with van der Waals surface area (Å²) in [5, 5.41) is 38.7. The van der Waals surface area contributed by atoms with Crippen molar-refractivity contribution >= 4 is 101 Å². The van der Waals surface area contributed by atoms with Gasteiger partial charge in [-0.15, -0.1) is 0 Å². The highest BCUT2D eigenvalue weighted by Gasteiger charge is 2.36. The molecule has 21 nitrogen and oxygen atoms in total. The number of aromatic carboxylic acids is 1. The van der Waals surface area contributed by atoms with Gasteiger partial charge in [-0.1, -0.05) is 42.5 Å². The fourth-order valence-electron chi connectivity index (χ4n) is 6.61. The third-order valence-electron chi connectivity index (χ3n) is 9.54. The van der Waals surface area contributed by atoms with Crippen LogP contribution in [-0.2, 0) is 20.2 Å². The molecule has 6 aromatic carbocycles. The predicted octanol–water partition coefficient (Wildman–Crippen LogP) is 7.52. The number of fused-ring (bicyclic) bond motifs is 2. The molecule has 0 spiro atoms. The van der Waals surface area contributed by atoms with Crippen LogP contribution >= 0.6 is 0 Å². The highest BCUT2D eigenvalue weighted by atomic mass is 32.2. The molecule has 1 heterocycles. The average molecular weight is 915 g/mol. The molecular formula is C42H30N10O11S2. The molecule has 1 aliphatic rings. The fraction of sp³-hybridized carbons (Fsp3) is 0. The zero-order valence-electron chi connectivity index (χ0n) is 32.8. The predicted molar refractivity (Wildman–Crippen MR) is 235 cm³/mol. The smallest absolute Gasteiger partial charge is 0.339 e. The zero-order chi connectivity index (χ0) is 46.2. The largest absolute Gasteiger partial charge is 0.507 e. The van der Waals surface area contributed by atoms with Crippen LogP contribution in [0, 0.1) is 0 Å². The van der Waals surface area contributed by atoms with Crippen molar-refractivity contribution in [1.29, 1.82) is 0 Å². The van der Waals surface area contributed by atoms with Gasteiger partial charge in [0.05, 0.1) is 39.6 Å². The molecule has 1 aliphatic carbocycles. The SMILES string of the molecule is Nc1c(S(=O)(=O)O)cc(Nc2ccc(Nc3nc(Nc4ccccc4)nc(Nc4ccc(N=Nc5ccc(O)c(C(=O)O)c5)cc4)n3)c(S(=O)(=O)O)c2)c2c1C(=O)c1ccccc1C2=O. The van der Waals surface area contributed by atoms with E-state index in [1.807, 2.05) is 0 Å². The first-order chi connectivity index (χ1) is 30.9. The molecule has 65 heavy (non-hydrogen) atoms. The van der Waals surface area contributed by atoms with Gasteiger partial charge >= 0.3 is 5.97 Å². The van der Waals surface area contributed by atoms with Crippen molar-refractivity contribution in [2.45, 2.75) is 9.79 Å². The molecule has 0 amide bonds. The van der Waals surface area contributed by atoms with Crippen molar-refractivity contribution in [2.75, 3.05) is 27.0 Å². The summed E-state index contributed by atoms with van der Waals surface area (Å²) in [4.78, 5) is 50.3. The molecule has 0 bridgehead atoms. The van der Waals surface area contributed by atoms with E-state index in [2.05, 4.69) is 46.4 Å². The number of benzene rings is 6. The van der Waals surface area contributed by atoms with Gasteiger partial charge in [0.25, 0.3) is 20.2 Å². The quantitative estimate of drug-likeness (QED) is 0.0307. The van der Waals surface area contributed by atoms with Gasteiger partial charge in [0, 0.05) is 28.2 Å². The van der Waals surface area contributed by atoms with Gasteiger partial charge in [0.1, 0.15) is 21.1 Å². The van der Waals surface area contributed by atoms with E-state index in [4.69, 9.17) is 5.73 Å². The molecule has 0 saturated heterocycles. The van der Waals surface area contributed by atoms with Crippen LogP contribution in [0.25, 0.3) is 0 Å². The summed E-state index contributed by atoms with van der Waals surface area (Å²) in [5.74, 6) is -3.54. The lowest BCUT2D eigenvalue weighted by Gasteiger charge is -2.24. The van der Waals surface area contributed by atoms with E-state index in [1.54, 1.807) is 54.6 Å². The van der Waals surface area contributed by atoms with E-state index >= 15 is 0 Å². The second kappa shape index (κ2) is 16.9. The lowest BCUT2D eigenvalue weighted by molar-refractivity contribution is 0.0693. The van der Waals surface area contributed by atoms with Gasteiger partial charge < -0.3 is 37.2 Å². The number of nitrogens with zero attached hydrogens (tertiary/aromatic N) is 5. The van der Waals surface area contributed by atoms with Gasteiger partial charge in [0.2, 0.25) is 17.8 Å². The molecule has 0 aliphatic heterocycles. The third-order valence-corrected chi connectivity index (χ3v) is 11.3. The number of carboxylic acids is 1. The van der Waals surface area contributed by atoms with Crippen LogP contribution in [0.15, 0.2) is 141 Å². The number of phenols is 1. The monoisotopic (exact) mass is 914 g/mol. The summed E-state index contributed by atoms with van der Waals surface area (Å²) in [6.45, 7) is 0. The number of rotatable bonds is 13. The number of aromatic nitrogens is 3. The lowest BCUT2D eigenvalue weighted by Crippen LogP contribution is -2.25. The van der Waals surface area contributed by atoms with Gasteiger partial charge in [-0.3, -0.25) is 18.7 Å². The Kier molecular flexibility index (Phi) is 11.2. The van der Waals surface area contributed by atoms with Crippen molar-refractivity contribution in [3.63, 3.8) is 0 Å². The Morgan fingerprint density at radius 1 is 0.554 bits per heavy atom. The molecule has 0 unspecified atom stereocenters. The minimum atomic E-state index is -5.07. The number of carboxylic acid groups (broad SMARTS) is 1. The molecule has 0 saturated carbocycles. The second-order valence-corrected chi connectivity index (χ2v) is 16.7. The van der Waals surface area contributed by atoms with Crippen molar-refractivity contribution in [3.05, 3.63) is 149 Å². The molecule has 7 aromatic rings. The van der Waals surface area contributed by atoms with E-state index in [9.17, 15) is 50.5 Å². The second-order valence-electron chi connectivity index (χ2n) is 13.9. The first-order valence-corrected chi connectivity index (χ1v) is 21.5. The first-order valence-electron chi connectivity index (χ1n) is 18.6. The molecular weight excluding hydrogens is 885 g/mol. The number of anilines is 9. The van der Waals surface area contributed by atoms with Crippen molar-refractivity contribution < 1.29 is 50.5 Å². The van der Waals surface area contributed by atoms with Crippen LogP contribution in [0.5, 0.6) is 5.75 Å². The Morgan fingerprint density at radius 3 is 1.68 bits per heavy atom. The molecule has 0 radical (unpaired) electrons. The maximum Gasteiger partial charge on any atom is 0.339 e. The maximum atomic E-state index is 13.8. The molecule has 0 fully saturated rings. The number of ketones is 2. The van der Waals surface area contributed by atoms with E-state index in [1.165, 1.54) is 54.6 Å². The summed E-state index contributed by atoms with van der Waals surface area (Å²) in [6, 6.07) is 29.0. The van der Waals surface area contributed by atoms with Gasteiger partial charge in [0.15, 0.2) is 11.6 Å². The van der Waals surface area contributed by atoms with Gasteiger partial charge in [-0.2, -0.15) is 42.0 Å². The van der Waals surface area contributed by atoms with Crippen molar-refractivity contribution in [2.24, 2.45) is 10.2 Å². The van der Waals surface area contributed by atoms with Crippen LogP contribution in [0.1, 0.15) is 42.2 Å². The number of aromatic hydroxyl groups is 1. The number of carbonyl (C=O) groups excluding carboxylic acids is 2. The number of nitrogens with one attached hydrogen (secondary N) is 4. The summed E-state index contributed by atoms with van der Waals surface area (Å²) < 4.78 is 71.1. The Balaban J connectivity index is 1.11. The summed E-state index contributed by atoms with van der Waals surface area (Å²) >= 11 is 0. The fourth-order valence-corrected chi connectivity index (χ4v) is 7.93. The van der Waals surface area contributed by atoms with Crippen molar-refractivity contribution in [3.8, 4) is 5.75 Å². The minimum Gasteiger partial charge on any atom is -0.507 e. The minimum absolute atomic E-state index is 0.00788. The van der Waals surface area contributed by atoms with E-state index < -0.39 is 64.6 Å². The van der Waals surface area contributed by atoms with Gasteiger partial charge in [-0.25, -0.2) is 4.79 Å². The molecule has 8 rings (SSSR count). The lowest BCUT2D eigenvalue weighted by atomic mass is 9.82. The van der Waals surface area contributed by atoms with E-state index in [-0.39, 0.29) is 62.8 Å². The molecule has 10 N–H and O–H groups in total. The first kappa shape index (κ1) is 43.0. The number of azo groups is 1. The van der Waals surface area contributed by atoms with E-state index in [0.29, 0.717) is 17.1 Å². The van der Waals surface area contributed by atoms with Crippen LogP contribution in [0.3, 0.4) is 0 Å². The highest BCUT2D eigenvalue weighted by molar-refractivity contribution is 7.86. The molecule has 0 atom stereocenters. The summed E-state index contributed by atoms with van der Waals surface area (Å²) in [5.41, 5.74) is 5.04. The third kappa shape index (κ3) is 9.13. The Labute approximate surface area is 367 Å². The van der Waals surface area contributed by atoms with Crippen molar-refractivity contribution in [1.82, 2.24) is 15.0 Å². The highest BCUT2D eigenvalue weighted by Crippen LogP contribution is 2.41. The Hall–Kier alpha value is -8.64. The number of hydrogen-bond donors (Lipinski definition) is 9. The zero-order valence-corrected chi connectivity index (χ0v) is 34.5. The van der Waals surface area contributed by atoms with Crippen LogP contribution < -0.4 is 27.0 Å². The standard InChI is InChI=1S/C42H30N10O11S2/c43-36-33(65(61,62)63)20-30(34-35(36)38(55)27-9-5-4-8-26(27)37(34)54)44-24-14-16-29(32(19-24)64(58,59)60)47-42-49-40(45-21-6-2-1-3-7-21)48-41(50-42)46-22-10-12-23(13-11-22)51-52-25-15-17-31(53)28(18-25)39(56)57/h1-20,44,53H,43H2,(H,56,57)(H,58,59,60)(H,61,62,63)(H3,45,46,47,48,49,50). The molecule has 23 heteroatoms. The number of hydrogen-bond acceptors (Lipinski definition) is 18. The summed E-state index contributed by atoms with van der Waals surface area (Å²) in [6.07, 6.45) is 0. The normalized spacial score (nSPS) is 12.3. The number of para-hydroxylation sites is 1. The average Bonchev–Trinajstić information content (AvgIpc) is 3.26. The number of nitrogens with two attached hydrogens (primary N) is 1. The number of nitrogen functional groups attached to an aromatic ring is 1. The molecule has 326 valence electrons. The molecule has 1 aromatic heterocycles. The Bertz CT molecular complexity index is 3370. The summed E-state index contributed by atoms with van der Waals surface area (Å²) in [7, 11) is -10.1. The van der Waals surface area contributed by atoms with Crippen LogP contribution in [0.4, 0.5) is 63.3 Å².